The smallest absolute Gasteiger partial charge is 0.131 e. The molecule has 0 fully saturated rings. The second kappa shape index (κ2) is 25.0. The molecular weight excluding hydrogens is 1270 g/mol. The molecule has 0 spiro atoms. The predicted molar refractivity (Wildman–Crippen MR) is 424 cm³/mol. The number of hydrogen-bond acceptors (Lipinski definition) is 6. The second-order valence-corrected chi connectivity index (χ2v) is 35.7. The fourth-order valence-corrected chi connectivity index (χ4v) is 15.9. The molecule has 0 bridgehead atoms. The van der Waals surface area contributed by atoms with E-state index in [1.54, 1.807) is 36.4 Å². The largest absolute Gasteiger partial charge is 0.507 e. The molecule has 9 aromatic carbocycles. The molecule has 0 aromatic heterocycles. The highest BCUT2D eigenvalue weighted by Crippen LogP contribution is 2.82. The quantitative estimate of drug-likeness (QED) is 0.0842. The molecule has 0 atom stereocenters. The molecule has 0 aliphatic heterocycles. The lowest BCUT2D eigenvalue weighted by molar-refractivity contribution is 0.0997. The molecule has 0 saturated heterocycles. The summed E-state index contributed by atoms with van der Waals surface area (Å²) in [6.07, 6.45) is 0. The third-order valence-corrected chi connectivity index (χ3v) is 22.9. The minimum atomic E-state index is -0.901. The Labute approximate surface area is 618 Å². The van der Waals surface area contributed by atoms with Crippen LogP contribution in [0.2, 0.25) is 0 Å². The van der Waals surface area contributed by atoms with E-state index in [1.165, 1.54) is 0 Å². The van der Waals surface area contributed by atoms with E-state index in [-0.39, 0.29) is 67.0 Å². The van der Waals surface area contributed by atoms with E-state index in [2.05, 4.69) is 260 Å². The highest BCUT2D eigenvalue weighted by Gasteiger charge is 2.80. The Hall–Kier alpha value is -10.9. The van der Waals surface area contributed by atoms with Gasteiger partial charge in [0.15, 0.2) is 0 Å². The van der Waals surface area contributed by atoms with Crippen molar-refractivity contribution in [2.75, 3.05) is 0 Å². The molecule has 0 amide bonds. The first-order valence-electron chi connectivity index (χ1n) is 36.0. The van der Waals surface area contributed by atoms with Crippen LogP contribution in [0, 0.1) is 76.5 Å². The fourth-order valence-electron chi connectivity index (χ4n) is 15.9. The number of fused-ring (bicyclic) bond motifs is 9. The lowest BCUT2D eigenvalue weighted by Gasteiger charge is -2.49. The van der Waals surface area contributed by atoms with Crippen molar-refractivity contribution in [1.29, 1.82) is 0 Å². The van der Waals surface area contributed by atoms with Crippen molar-refractivity contribution in [1.82, 2.24) is 0 Å². The first-order valence-corrected chi connectivity index (χ1v) is 36.0. The predicted octanol–water partition coefficient (Wildman–Crippen LogP) is 20.4. The summed E-state index contributed by atoms with van der Waals surface area (Å²) < 4.78 is 0. The van der Waals surface area contributed by atoms with Crippen LogP contribution in [0.25, 0.3) is 0 Å². The molecule has 0 unspecified atom stereocenters. The third kappa shape index (κ3) is 12.4. The van der Waals surface area contributed by atoms with Gasteiger partial charge in [-0.3, -0.25) is 0 Å². The van der Waals surface area contributed by atoms with E-state index in [1.807, 2.05) is 72.8 Å². The maximum atomic E-state index is 11.6. The molecule has 0 radical (unpaired) electrons. The highest BCUT2D eigenvalue weighted by atomic mass is 16.3. The summed E-state index contributed by atoms with van der Waals surface area (Å²) in [7, 11) is 0. The van der Waals surface area contributed by atoms with Crippen molar-refractivity contribution < 1.29 is 30.6 Å². The van der Waals surface area contributed by atoms with Crippen LogP contribution in [0.3, 0.4) is 0 Å². The molecule has 12 rings (SSSR count). The maximum absolute atomic E-state index is 11.6. The molecule has 524 valence electrons. The van der Waals surface area contributed by atoms with E-state index in [0.717, 1.165) is 66.8 Å². The van der Waals surface area contributed by atoms with Gasteiger partial charge < -0.3 is 30.6 Å². The minimum absolute atomic E-state index is 0.0558. The topological polar surface area (TPSA) is 121 Å². The van der Waals surface area contributed by atoms with Crippen molar-refractivity contribution in [2.45, 2.75) is 201 Å². The third-order valence-electron chi connectivity index (χ3n) is 22.9. The normalized spacial score (nSPS) is 18.4. The van der Waals surface area contributed by atoms with Gasteiger partial charge in [-0.2, -0.15) is 0 Å². The van der Waals surface area contributed by atoms with Crippen molar-refractivity contribution >= 4 is 0 Å². The van der Waals surface area contributed by atoms with Crippen LogP contribution in [0.1, 0.15) is 286 Å². The van der Waals surface area contributed by atoms with Gasteiger partial charge in [-0.05, 0) is 208 Å². The van der Waals surface area contributed by atoms with Crippen LogP contribution in [-0.4, -0.2) is 30.6 Å². The van der Waals surface area contributed by atoms with Gasteiger partial charge in [0.2, 0.25) is 0 Å². The fraction of sp³-hybridized carbons (Fsp3) is 0.327. The molecule has 6 heteroatoms. The molecule has 0 saturated carbocycles. The van der Waals surface area contributed by atoms with E-state index in [9.17, 15) is 30.6 Å². The zero-order valence-corrected chi connectivity index (χ0v) is 64.5. The van der Waals surface area contributed by atoms with E-state index >= 15 is 0 Å². The number of phenols is 6. The van der Waals surface area contributed by atoms with Gasteiger partial charge in [-0.15, -0.1) is 0 Å². The number of hydrogen-bond donors (Lipinski definition) is 6. The van der Waals surface area contributed by atoms with E-state index in [0.29, 0.717) is 66.8 Å². The summed E-state index contributed by atoms with van der Waals surface area (Å²) >= 11 is 0. The monoisotopic (exact) mass is 1370 g/mol. The standard InChI is InChI=1S/C98H96O6/c1-89(2,3)71-35-41-83(99)65(47-71)29-23-59-53-77-78(54-60(59)24-30-66-48-72(90(4,5)6)36-42-84(66)100)96(20)81-57-63(27-33-69-51-75(93(13,14)15)39-45-87(69)103)64(28-34-70-52-76(94(16,17)18)40-46-88(70)104)58-82(81)97(21)80-56-62(26-32-68-50-74(92(10,11)12)38-44-86(68)102)61(55-79(80)95(77,19)98(96,97)22)25-31-67-49-73(91(7,8)9)37-43-85(67)101/h35-58,99-104H,1-22H3. The average Bonchev–Trinajstić information content (AvgIpc) is 1.43. The molecule has 3 aliphatic carbocycles. The van der Waals surface area contributed by atoms with Gasteiger partial charge in [0.1, 0.15) is 34.5 Å². The lowest BCUT2D eigenvalue weighted by atomic mass is 9.52. The van der Waals surface area contributed by atoms with Crippen molar-refractivity contribution in [3.63, 3.8) is 0 Å². The molecule has 9 aromatic rings. The average molecular weight is 1370 g/mol. The van der Waals surface area contributed by atoms with Crippen molar-refractivity contribution in [2.24, 2.45) is 5.41 Å². The molecule has 3 aliphatic rings. The molecule has 0 heterocycles. The summed E-state index contributed by atoms with van der Waals surface area (Å²) in [5.41, 5.74) is 13.7. The second-order valence-electron chi connectivity index (χ2n) is 35.7. The van der Waals surface area contributed by atoms with Gasteiger partial charge in [-0.25, -0.2) is 0 Å². The number of rotatable bonds is 0. The first-order chi connectivity index (χ1) is 48.3. The van der Waals surface area contributed by atoms with Crippen LogP contribution < -0.4 is 0 Å². The van der Waals surface area contributed by atoms with E-state index < -0.39 is 21.7 Å². The summed E-state index contributed by atoms with van der Waals surface area (Å²) in [6, 6.07) is 46.8. The number of aromatic hydroxyl groups is 6. The molecular formula is C98H96O6. The Balaban J connectivity index is 1.24. The van der Waals surface area contributed by atoms with Crippen LogP contribution in [0.4, 0.5) is 0 Å². The molecule has 6 nitrogen and oxygen atoms in total. The van der Waals surface area contributed by atoms with Gasteiger partial charge >= 0.3 is 0 Å². The van der Waals surface area contributed by atoms with Crippen LogP contribution >= 0.6 is 0 Å². The lowest BCUT2D eigenvalue weighted by Crippen LogP contribution is -2.51. The van der Waals surface area contributed by atoms with Crippen molar-refractivity contribution in [3.05, 3.63) is 279 Å². The Kier molecular flexibility index (Phi) is 17.5. The zero-order valence-electron chi connectivity index (χ0n) is 64.5. The van der Waals surface area contributed by atoms with Crippen LogP contribution in [-0.2, 0) is 48.7 Å². The van der Waals surface area contributed by atoms with Gasteiger partial charge in [-0.1, -0.05) is 260 Å². The maximum Gasteiger partial charge on any atom is 0.131 e. The first kappa shape index (κ1) is 72.9. The van der Waals surface area contributed by atoms with Gasteiger partial charge in [0.25, 0.3) is 0 Å². The van der Waals surface area contributed by atoms with Gasteiger partial charge in [0, 0.05) is 55.0 Å². The SMILES string of the molecule is CC(C)(C)c1ccc(O)c(C#Cc2cc3c(cc2C#Cc2cc(C(C)(C)C)ccc2O)C2(C)c4cc(C#Cc5cc(C(C)(C)C)ccc5O)c(C#Cc5cc(C(C)(C)C)ccc5O)cc4C4(C)c5cc(C#Cc6cc(C(C)(C)C)ccc6O)c(C#Cc6cc(C(C)(C)C)ccc6O)cc5C3(C)C24C)c1. The van der Waals surface area contributed by atoms with Crippen LogP contribution in [0.5, 0.6) is 34.5 Å². The Morgan fingerprint density at radius 1 is 0.192 bits per heavy atom. The number of benzene rings is 9. The summed E-state index contributed by atoms with van der Waals surface area (Å²) in [5.74, 6) is 42.5. The zero-order chi connectivity index (χ0) is 75.8. The Morgan fingerprint density at radius 2 is 0.317 bits per heavy atom. The summed E-state index contributed by atoms with van der Waals surface area (Å²) in [5, 5.41) is 69.6. The Bertz CT molecular complexity index is 4680. The summed E-state index contributed by atoms with van der Waals surface area (Å²) in [4.78, 5) is 0. The number of phenolic OH excluding ortho intramolecular Hbond substituents is 6. The minimum Gasteiger partial charge on any atom is -0.507 e. The summed E-state index contributed by atoms with van der Waals surface area (Å²) in [6.45, 7) is 47.9. The molecule has 6 N–H and O–H groups in total. The van der Waals surface area contributed by atoms with E-state index in [4.69, 9.17) is 0 Å². The Morgan fingerprint density at radius 3 is 0.442 bits per heavy atom. The molecule has 104 heavy (non-hydrogen) atoms. The van der Waals surface area contributed by atoms with Gasteiger partial charge in [0.05, 0.1) is 33.4 Å². The van der Waals surface area contributed by atoms with Crippen LogP contribution in [0.15, 0.2) is 146 Å². The highest BCUT2D eigenvalue weighted by molar-refractivity contribution is 5.82. The van der Waals surface area contributed by atoms with Crippen molar-refractivity contribution in [3.8, 4) is 106 Å².